The molecule has 0 aliphatic rings. The van der Waals surface area contributed by atoms with Crippen molar-refractivity contribution in [2.45, 2.75) is 5.38 Å². The zero-order valence-corrected chi connectivity index (χ0v) is 10.1. The molecule has 0 amide bonds. The molecule has 84 valence electrons. The minimum atomic E-state index is -3.82. The second-order valence-electron chi connectivity index (χ2n) is 2.97. The van der Waals surface area contributed by atoms with Crippen molar-refractivity contribution in [2.75, 3.05) is 0 Å². The van der Waals surface area contributed by atoms with Crippen LogP contribution in [-0.4, -0.2) is 11.2 Å². The molecule has 0 saturated heterocycles. The molecule has 0 N–H and O–H groups in total. The molecule has 0 bridgehead atoms. The van der Waals surface area contributed by atoms with Gasteiger partial charge >= 0.3 is 5.38 Å². The maximum atomic E-state index is 12.6. The van der Waals surface area contributed by atoms with E-state index in [9.17, 15) is 13.6 Å². The topological polar surface area (TPSA) is 17.1 Å². The van der Waals surface area contributed by atoms with E-state index in [0.717, 1.165) is 21.1 Å². The van der Waals surface area contributed by atoms with Crippen LogP contribution in [-0.2, 0) is 0 Å². The largest absolute Gasteiger partial charge is 0.385 e. The minimum Gasteiger partial charge on any atom is -0.285 e. The predicted molar refractivity (Wildman–Crippen MR) is 62.8 cm³/mol. The van der Waals surface area contributed by atoms with Gasteiger partial charge in [-0.05, 0) is 35.2 Å². The second kappa shape index (κ2) is 4.24. The summed E-state index contributed by atoms with van der Waals surface area (Å²) in [5.74, 6) is -1.35. The van der Waals surface area contributed by atoms with Gasteiger partial charge in [0.15, 0.2) is 0 Å². The Morgan fingerprint density at radius 2 is 2.00 bits per heavy atom. The predicted octanol–water partition coefficient (Wildman–Crippen LogP) is 4.49. The van der Waals surface area contributed by atoms with Gasteiger partial charge in [0.2, 0.25) is 0 Å². The van der Waals surface area contributed by atoms with Crippen LogP contribution in [0.5, 0.6) is 0 Å². The molecule has 0 spiro atoms. The van der Waals surface area contributed by atoms with Crippen LogP contribution < -0.4 is 0 Å². The summed E-state index contributed by atoms with van der Waals surface area (Å²) in [4.78, 5) is 12.9. The maximum absolute atomic E-state index is 12.6. The van der Waals surface area contributed by atoms with E-state index in [1.54, 1.807) is 6.07 Å². The lowest BCUT2D eigenvalue weighted by Crippen LogP contribution is -2.20. The van der Waals surface area contributed by atoms with Crippen LogP contribution in [0.15, 0.2) is 29.6 Å². The van der Waals surface area contributed by atoms with Crippen LogP contribution in [0, 0.1) is 0 Å². The Kier molecular flexibility index (Phi) is 3.10. The first kappa shape index (κ1) is 11.7. The van der Waals surface area contributed by atoms with Crippen LogP contribution in [0.2, 0.25) is 0 Å². The summed E-state index contributed by atoms with van der Waals surface area (Å²) in [6, 6.07) is 6.74. The summed E-state index contributed by atoms with van der Waals surface area (Å²) >= 11 is 7.19. The third-order valence-corrected chi connectivity index (χ3v) is 4.17. The molecular weight excluding hydrogens is 274 g/mol. The SMILES string of the molecule is O=C(c1ccc(-c2cccs2)s1)C(F)(F)Cl. The lowest BCUT2D eigenvalue weighted by Gasteiger charge is -2.02. The van der Waals surface area contributed by atoms with Gasteiger partial charge in [-0.2, -0.15) is 8.78 Å². The normalized spacial score (nSPS) is 11.7. The zero-order chi connectivity index (χ0) is 11.8. The number of halogens is 3. The minimum absolute atomic E-state index is 0.0246. The lowest BCUT2D eigenvalue weighted by molar-refractivity contribution is 0.0541. The number of hydrogen-bond acceptors (Lipinski definition) is 3. The Balaban J connectivity index is 2.31. The molecule has 0 saturated carbocycles. The van der Waals surface area contributed by atoms with Gasteiger partial charge in [-0.25, -0.2) is 0 Å². The van der Waals surface area contributed by atoms with Gasteiger partial charge in [0, 0.05) is 9.75 Å². The summed E-state index contributed by atoms with van der Waals surface area (Å²) in [6.45, 7) is 0. The number of thiophene rings is 2. The highest BCUT2D eigenvalue weighted by molar-refractivity contribution is 7.22. The van der Waals surface area contributed by atoms with Crippen LogP contribution in [0.1, 0.15) is 9.67 Å². The molecule has 2 heterocycles. The highest BCUT2D eigenvalue weighted by atomic mass is 35.5. The number of Topliss-reactive ketones (excluding diaryl/α,β-unsaturated/α-hetero) is 1. The number of ketones is 1. The Morgan fingerprint density at radius 1 is 1.25 bits per heavy atom. The van der Waals surface area contributed by atoms with Crippen molar-refractivity contribution >= 4 is 40.1 Å². The number of carbonyl (C=O) groups is 1. The summed E-state index contributed by atoms with van der Waals surface area (Å²) < 4.78 is 25.2. The van der Waals surface area contributed by atoms with Gasteiger partial charge in [0.1, 0.15) is 0 Å². The lowest BCUT2D eigenvalue weighted by atomic mass is 10.3. The first-order valence-electron chi connectivity index (χ1n) is 4.24. The van der Waals surface area contributed by atoms with Crippen molar-refractivity contribution in [3.05, 3.63) is 34.5 Å². The van der Waals surface area contributed by atoms with Gasteiger partial charge in [0.25, 0.3) is 5.78 Å². The van der Waals surface area contributed by atoms with E-state index >= 15 is 0 Å². The molecule has 2 aromatic heterocycles. The van der Waals surface area contributed by atoms with Crippen LogP contribution >= 0.6 is 34.3 Å². The van der Waals surface area contributed by atoms with Gasteiger partial charge in [-0.3, -0.25) is 4.79 Å². The zero-order valence-electron chi connectivity index (χ0n) is 7.75. The monoisotopic (exact) mass is 278 g/mol. The van der Waals surface area contributed by atoms with Crippen LogP contribution in [0.4, 0.5) is 8.78 Å². The van der Waals surface area contributed by atoms with E-state index in [1.165, 1.54) is 17.4 Å². The van der Waals surface area contributed by atoms with Crippen molar-refractivity contribution in [2.24, 2.45) is 0 Å². The standard InChI is InChI=1S/C10H5ClF2OS2/c11-10(12,13)9(14)8-4-3-7(16-8)6-2-1-5-15-6/h1-5H. The average molecular weight is 279 g/mol. The summed E-state index contributed by atoms with van der Waals surface area (Å²) in [5, 5.41) is -1.94. The molecule has 6 heteroatoms. The molecule has 0 fully saturated rings. The molecular formula is C10H5ClF2OS2. The number of alkyl halides is 3. The fraction of sp³-hybridized carbons (Fsp3) is 0.100. The van der Waals surface area contributed by atoms with Crippen molar-refractivity contribution in [1.82, 2.24) is 0 Å². The van der Waals surface area contributed by atoms with Crippen molar-refractivity contribution in [1.29, 1.82) is 0 Å². The molecule has 16 heavy (non-hydrogen) atoms. The Labute approximate surface area is 103 Å². The smallest absolute Gasteiger partial charge is 0.285 e. The van der Waals surface area contributed by atoms with Crippen molar-refractivity contribution in [3.63, 3.8) is 0 Å². The Hall–Kier alpha value is -0.780. The number of rotatable bonds is 3. The molecule has 0 unspecified atom stereocenters. The van der Waals surface area contributed by atoms with E-state index in [0.29, 0.717) is 0 Å². The fourth-order valence-corrected chi connectivity index (χ4v) is 3.12. The summed E-state index contributed by atoms with van der Waals surface area (Å²) in [7, 11) is 0. The molecule has 2 aromatic rings. The first-order chi connectivity index (χ1) is 7.48. The molecule has 0 aliphatic heterocycles. The van der Waals surface area contributed by atoms with Gasteiger partial charge in [-0.1, -0.05) is 6.07 Å². The molecule has 0 atom stereocenters. The Morgan fingerprint density at radius 3 is 2.56 bits per heavy atom. The summed E-state index contributed by atoms with van der Waals surface area (Å²) in [5.41, 5.74) is 0. The molecule has 2 rings (SSSR count). The van der Waals surface area contributed by atoms with Gasteiger partial charge < -0.3 is 0 Å². The molecule has 0 radical (unpaired) electrons. The van der Waals surface area contributed by atoms with E-state index in [-0.39, 0.29) is 4.88 Å². The number of hydrogen-bond donors (Lipinski definition) is 0. The fourth-order valence-electron chi connectivity index (χ4n) is 1.15. The van der Waals surface area contributed by atoms with E-state index in [2.05, 4.69) is 11.6 Å². The molecule has 1 nitrogen and oxygen atoms in total. The Bertz CT molecular complexity index is 499. The average Bonchev–Trinajstić information content (AvgIpc) is 2.85. The van der Waals surface area contributed by atoms with E-state index < -0.39 is 11.2 Å². The van der Waals surface area contributed by atoms with Crippen molar-refractivity contribution in [3.8, 4) is 9.75 Å². The van der Waals surface area contributed by atoms with Crippen molar-refractivity contribution < 1.29 is 13.6 Å². The third-order valence-electron chi connectivity index (χ3n) is 1.85. The highest BCUT2D eigenvalue weighted by Gasteiger charge is 2.37. The number of carbonyl (C=O) groups excluding carboxylic acids is 1. The molecule has 0 aliphatic carbocycles. The maximum Gasteiger partial charge on any atom is 0.385 e. The third kappa shape index (κ3) is 2.31. The van der Waals surface area contributed by atoms with Crippen LogP contribution in [0.25, 0.3) is 9.75 Å². The van der Waals surface area contributed by atoms with Gasteiger partial charge in [-0.15, -0.1) is 22.7 Å². The molecule has 0 aromatic carbocycles. The van der Waals surface area contributed by atoms with E-state index in [4.69, 9.17) is 0 Å². The first-order valence-corrected chi connectivity index (χ1v) is 6.31. The highest BCUT2D eigenvalue weighted by Crippen LogP contribution is 2.34. The second-order valence-corrected chi connectivity index (χ2v) is 5.47. The van der Waals surface area contributed by atoms with E-state index in [1.807, 2.05) is 17.5 Å². The van der Waals surface area contributed by atoms with Gasteiger partial charge in [0.05, 0.1) is 4.88 Å². The summed E-state index contributed by atoms with van der Waals surface area (Å²) in [6.07, 6.45) is 0. The quantitative estimate of drug-likeness (QED) is 0.597. The van der Waals surface area contributed by atoms with Crippen LogP contribution in [0.3, 0.4) is 0 Å².